The molecule has 23 heavy (non-hydrogen) atoms. The molecule has 10 heteroatoms. The van der Waals surface area contributed by atoms with Crippen LogP contribution in [0.2, 0.25) is 5.15 Å². The lowest BCUT2D eigenvalue weighted by molar-refractivity contribution is 0.417. The number of hydrogen-bond acceptors (Lipinski definition) is 6. The van der Waals surface area contributed by atoms with Gasteiger partial charge in [-0.05, 0) is 24.3 Å². The van der Waals surface area contributed by atoms with E-state index in [1.807, 2.05) is 0 Å². The van der Waals surface area contributed by atoms with Crippen LogP contribution in [0.4, 0.5) is 5.69 Å². The summed E-state index contributed by atoms with van der Waals surface area (Å²) in [6, 6.07) is 6.09. The van der Waals surface area contributed by atoms with Crippen molar-refractivity contribution in [2.75, 3.05) is 11.8 Å². The van der Waals surface area contributed by atoms with Gasteiger partial charge in [0.2, 0.25) is 0 Å². The molecule has 2 heterocycles. The lowest BCUT2D eigenvalue weighted by atomic mass is 10.2. The second kappa shape index (κ2) is 5.67. The first-order valence-electron chi connectivity index (χ1n) is 6.43. The third-order valence-corrected chi connectivity index (χ3v) is 4.75. The van der Waals surface area contributed by atoms with Gasteiger partial charge < -0.3 is 4.74 Å². The van der Waals surface area contributed by atoms with Gasteiger partial charge in [0.25, 0.3) is 10.0 Å². The number of nitrogens with one attached hydrogen (secondary N) is 1. The summed E-state index contributed by atoms with van der Waals surface area (Å²) in [4.78, 5) is 3.77. The number of aryl methyl sites for hydroxylation is 1. The molecule has 0 aliphatic rings. The zero-order chi connectivity index (χ0) is 16.6. The normalized spacial score (nSPS) is 11.6. The number of nitrogens with zero attached hydrogens (tertiary/aromatic N) is 4. The number of methoxy groups -OCH3 is 1. The van der Waals surface area contributed by atoms with Crippen LogP contribution < -0.4 is 9.46 Å². The highest BCUT2D eigenvalue weighted by atomic mass is 35.5. The first-order valence-corrected chi connectivity index (χ1v) is 8.29. The highest BCUT2D eigenvalue weighted by molar-refractivity contribution is 7.92. The first kappa shape index (κ1) is 15.5. The van der Waals surface area contributed by atoms with Gasteiger partial charge in [0, 0.05) is 13.2 Å². The molecule has 0 saturated carbocycles. The molecule has 2 aromatic heterocycles. The average molecular weight is 354 g/mol. The minimum Gasteiger partial charge on any atom is -0.494 e. The molecule has 0 saturated heterocycles. The van der Waals surface area contributed by atoms with Crippen LogP contribution >= 0.6 is 11.6 Å². The Bertz CT molecular complexity index is 969. The Morgan fingerprint density at radius 3 is 2.70 bits per heavy atom. The topological polar surface area (TPSA) is 99.0 Å². The summed E-state index contributed by atoms with van der Waals surface area (Å²) in [5, 5.41) is 8.06. The SMILES string of the molecule is COc1ccc2nnn(C)c2c1NS(=O)(=O)c1ccc(Cl)nc1. The van der Waals surface area contributed by atoms with Crippen molar-refractivity contribution in [1.82, 2.24) is 20.0 Å². The van der Waals surface area contributed by atoms with Gasteiger partial charge in [-0.2, -0.15) is 0 Å². The number of hydrogen-bond donors (Lipinski definition) is 1. The van der Waals surface area contributed by atoms with Gasteiger partial charge in [-0.15, -0.1) is 5.10 Å². The second-order valence-electron chi connectivity index (χ2n) is 4.65. The number of fused-ring (bicyclic) bond motifs is 1. The van der Waals surface area contributed by atoms with E-state index in [2.05, 4.69) is 20.0 Å². The van der Waals surface area contributed by atoms with E-state index in [1.165, 1.54) is 30.1 Å². The van der Waals surface area contributed by atoms with Crippen molar-refractivity contribution in [2.24, 2.45) is 7.05 Å². The molecule has 3 rings (SSSR count). The summed E-state index contributed by atoms with van der Waals surface area (Å²) < 4.78 is 34.3. The van der Waals surface area contributed by atoms with Crippen LogP contribution in [0.5, 0.6) is 5.75 Å². The van der Waals surface area contributed by atoms with E-state index in [-0.39, 0.29) is 15.7 Å². The Morgan fingerprint density at radius 1 is 1.26 bits per heavy atom. The molecule has 0 unspecified atom stereocenters. The summed E-state index contributed by atoms with van der Waals surface area (Å²) in [6.07, 6.45) is 1.18. The van der Waals surface area contributed by atoms with Gasteiger partial charge >= 0.3 is 0 Å². The van der Waals surface area contributed by atoms with Crippen molar-refractivity contribution >= 4 is 38.3 Å². The van der Waals surface area contributed by atoms with Crippen molar-refractivity contribution in [3.63, 3.8) is 0 Å². The van der Waals surface area contributed by atoms with E-state index in [1.54, 1.807) is 19.2 Å². The fraction of sp³-hybridized carbons (Fsp3) is 0.154. The second-order valence-corrected chi connectivity index (χ2v) is 6.72. The van der Waals surface area contributed by atoms with Gasteiger partial charge in [0.1, 0.15) is 32.5 Å². The highest BCUT2D eigenvalue weighted by Crippen LogP contribution is 2.33. The Balaban J connectivity index is 2.13. The van der Waals surface area contributed by atoms with Crippen LogP contribution in [0.25, 0.3) is 11.0 Å². The minimum absolute atomic E-state index is 0.0175. The average Bonchev–Trinajstić information content (AvgIpc) is 2.89. The number of aromatic nitrogens is 4. The van der Waals surface area contributed by atoms with E-state index < -0.39 is 10.0 Å². The lowest BCUT2D eigenvalue weighted by Gasteiger charge is -2.13. The summed E-state index contributed by atoms with van der Waals surface area (Å²) in [5.41, 5.74) is 1.31. The van der Waals surface area contributed by atoms with E-state index in [0.29, 0.717) is 16.8 Å². The molecule has 0 fully saturated rings. The molecule has 0 aliphatic heterocycles. The van der Waals surface area contributed by atoms with Gasteiger partial charge in [-0.3, -0.25) is 4.72 Å². The molecule has 0 spiro atoms. The summed E-state index contributed by atoms with van der Waals surface area (Å²) >= 11 is 5.69. The minimum atomic E-state index is -3.87. The molecule has 0 aliphatic carbocycles. The maximum Gasteiger partial charge on any atom is 0.263 e. The van der Waals surface area contributed by atoms with Crippen molar-refractivity contribution < 1.29 is 13.2 Å². The molecule has 8 nitrogen and oxygen atoms in total. The first-order chi connectivity index (χ1) is 10.9. The van der Waals surface area contributed by atoms with Crippen molar-refractivity contribution in [1.29, 1.82) is 0 Å². The number of rotatable bonds is 4. The van der Waals surface area contributed by atoms with Gasteiger partial charge in [-0.1, -0.05) is 16.8 Å². The summed E-state index contributed by atoms with van der Waals surface area (Å²) in [6.45, 7) is 0. The van der Waals surface area contributed by atoms with Crippen LogP contribution in [-0.4, -0.2) is 35.5 Å². The predicted octanol–water partition coefficient (Wildman–Crippen LogP) is 1.83. The quantitative estimate of drug-likeness (QED) is 0.718. The summed E-state index contributed by atoms with van der Waals surface area (Å²) in [7, 11) is -0.755. The standard InChI is InChI=1S/C13H12ClN5O3S/c1-19-13-9(16-18-19)4-5-10(22-2)12(13)17-23(20,21)8-3-6-11(14)15-7-8/h3-7,17H,1-2H3. The van der Waals surface area contributed by atoms with Crippen molar-refractivity contribution in [3.05, 3.63) is 35.6 Å². The fourth-order valence-electron chi connectivity index (χ4n) is 2.11. The van der Waals surface area contributed by atoms with Gasteiger partial charge in [0.05, 0.1) is 7.11 Å². The molecular weight excluding hydrogens is 342 g/mol. The van der Waals surface area contributed by atoms with Crippen LogP contribution in [0.15, 0.2) is 35.4 Å². The van der Waals surface area contributed by atoms with Crippen molar-refractivity contribution in [2.45, 2.75) is 4.90 Å². The van der Waals surface area contributed by atoms with Crippen molar-refractivity contribution in [3.8, 4) is 5.75 Å². The van der Waals surface area contributed by atoms with E-state index in [0.717, 1.165) is 0 Å². The van der Waals surface area contributed by atoms with E-state index in [4.69, 9.17) is 16.3 Å². The molecular formula is C13H12ClN5O3S. The maximum absolute atomic E-state index is 12.6. The Kier molecular flexibility index (Phi) is 3.82. The molecule has 3 aromatic rings. The number of ether oxygens (including phenoxy) is 1. The molecule has 0 bridgehead atoms. The number of pyridine rings is 1. The van der Waals surface area contributed by atoms with Crippen LogP contribution in [0.3, 0.4) is 0 Å². The third kappa shape index (κ3) is 2.80. The highest BCUT2D eigenvalue weighted by Gasteiger charge is 2.21. The molecule has 1 aromatic carbocycles. The monoisotopic (exact) mass is 353 g/mol. The third-order valence-electron chi connectivity index (χ3n) is 3.20. The molecule has 0 radical (unpaired) electrons. The fourth-order valence-corrected chi connectivity index (χ4v) is 3.25. The van der Waals surface area contributed by atoms with Crippen LogP contribution in [0.1, 0.15) is 0 Å². The smallest absolute Gasteiger partial charge is 0.263 e. The predicted molar refractivity (Wildman–Crippen MR) is 85.1 cm³/mol. The number of anilines is 1. The number of benzene rings is 1. The largest absolute Gasteiger partial charge is 0.494 e. The molecule has 0 atom stereocenters. The Hall–Kier alpha value is -2.39. The van der Waals surface area contributed by atoms with Gasteiger partial charge in [0.15, 0.2) is 0 Å². The maximum atomic E-state index is 12.6. The van der Waals surface area contributed by atoms with E-state index >= 15 is 0 Å². The Labute approximate surface area is 137 Å². The van der Waals surface area contributed by atoms with Crippen LogP contribution in [-0.2, 0) is 17.1 Å². The number of sulfonamides is 1. The van der Waals surface area contributed by atoms with Gasteiger partial charge in [-0.25, -0.2) is 18.1 Å². The zero-order valence-corrected chi connectivity index (χ0v) is 13.8. The van der Waals surface area contributed by atoms with Crippen LogP contribution in [0, 0.1) is 0 Å². The lowest BCUT2D eigenvalue weighted by Crippen LogP contribution is -2.15. The summed E-state index contributed by atoms with van der Waals surface area (Å²) in [5.74, 6) is 0.355. The molecule has 0 amide bonds. The van der Waals surface area contributed by atoms with E-state index in [9.17, 15) is 8.42 Å². The molecule has 1 N–H and O–H groups in total. The Morgan fingerprint density at radius 2 is 2.04 bits per heavy atom. The molecule has 120 valence electrons. The number of halogens is 1. The zero-order valence-electron chi connectivity index (χ0n) is 12.2.